The summed E-state index contributed by atoms with van der Waals surface area (Å²) in [6, 6.07) is 15.2. The van der Waals surface area contributed by atoms with Gasteiger partial charge < -0.3 is 36.3 Å². The molecule has 0 saturated carbocycles. The number of hydrogen-bond donors (Lipinski definition) is 7. The first-order chi connectivity index (χ1) is 24.3. The van der Waals surface area contributed by atoms with Gasteiger partial charge in [0.1, 0.15) is 23.7 Å². The number of fused-ring (bicyclic) bond motifs is 3. The lowest BCUT2D eigenvalue weighted by atomic mass is 9.99. The average Bonchev–Trinajstić information content (AvgIpc) is 3.08. The quantitative estimate of drug-likeness (QED) is 0.0829. The fourth-order valence-corrected chi connectivity index (χ4v) is 5.62. The molecule has 4 aromatic carbocycles. The summed E-state index contributed by atoms with van der Waals surface area (Å²) in [5, 5.41) is 37.9. The lowest BCUT2D eigenvalue weighted by molar-refractivity contribution is -0.142. The molecule has 1 aromatic heterocycles. The van der Waals surface area contributed by atoms with Gasteiger partial charge in [-0.1, -0.05) is 36.4 Å². The van der Waals surface area contributed by atoms with Crippen molar-refractivity contribution in [3.05, 3.63) is 117 Å². The van der Waals surface area contributed by atoms with Crippen LogP contribution in [0.25, 0.3) is 21.7 Å². The van der Waals surface area contributed by atoms with Gasteiger partial charge in [-0.3, -0.25) is 19.2 Å². The summed E-state index contributed by atoms with van der Waals surface area (Å²) < 4.78 is 15.2. The Labute approximate surface area is 288 Å². The normalized spacial score (nSPS) is 12.2. The molecule has 0 fully saturated rings. The zero-order chi connectivity index (χ0) is 36.8. The fourth-order valence-electron chi connectivity index (χ4n) is 5.62. The van der Waals surface area contributed by atoms with Gasteiger partial charge >= 0.3 is 17.9 Å². The maximum absolute atomic E-state index is 15.2. The standard InChI is InChI=1S/C36H32FN5O9/c1-18-39-27-11-8-20-7-6-19(14-25(20)31(27)34(47)40-18)17-38-22-9-10-24(26(37)16-22)32(45)41-28(12-13-30(43)44)33(46)42-29(36(50)51)15-21-4-2-3-5-23(21)35(48)49/h2-11,14,16,28-29,38H,12-13,15,17H2,1H3,(H,41,45)(H,42,46)(H,43,44)(H,48,49)(H,50,51)(H,39,40,47)/t28-,29-/m0/s1. The Hall–Kier alpha value is -6.64. The Morgan fingerprint density at radius 2 is 1.63 bits per heavy atom. The number of benzene rings is 4. The first kappa shape index (κ1) is 35.7. The molecule has 2 atom stereocenters. The summed E-state index contributed by atoms with van der Waals surface area (Å²) >= 11 is 0. The molecule has 0 aliphatic heterocycles. The summed E-state index contributed by atoms with van der Waals surface area (Å²) in [5.41, 5.74) is 0.858. The first-order valence-electron chi connectivity index (χ1n) is 15.6. The van der Waals surface area contributed by atoms with Gasteiger partial charge in [-0.25, -0.2) is 19.0 Å². The number of H-pyrrole nitrogens is 1. The smallest absolute Gasteiger partial charge is 0.335 e. The predicted octanol–water partition coefficient (Wildman–Crippen LogP) is 3.61. The first-order valence-corrected chi connectivity index (χ1v) is 15.6. The number of aliphatic carboxylic acids is 2. The number of aromatic nitrogens is 2. The van der Waals surface area contributed by atoms with Crippen LogP contribution in [0.5, 0.6) is 0 Å². The number of hydrogen-bond acceptors (Lipinski definition) is 8. The fraction of sp³-hybridized carbons (Fsp3) is 0.194. The minimum absolute atomic E-state index is 0.122. The maximum Gasteiger partial charge on any atom is 0.335 e. The van der Waals surface area contributed by atoms with Gasteiger partial charge in [0.05, 0.1) is 22.0 Å². The molecule has 0 aliphatic rings. The van der Waals surface area contributed by atoms with Crippen molar-refractivity contribution < 1.29 is 43.7 Å². The minimum Gasteiger partial charge on any atom is -0.481 e. The van der Waals surface area contributed by atoms with Crippen LogP contribution in [0.15, 0.2) is 77.6 Å². The second-order valence-corrected chi connectivity index (χ2v) is 11.7. The summed E-state index contributed by atoms with van der Waals surface area (Å²) in [6.07, 6.45) is -1.45. The second kappa shape index (κ2) is 15.3. The molecule has 14 nitrogen and oxygen atoms in total. The van der Waals surface area contributed by atoms with E-state index in [9.17, 15) is 44.1 Å². The third kappa shape index (κ3) is 8.51. The van der Waals surface area contributed by atoms with Crippen LogP contribution in [0.3, 0.4) is 0 Å². The third-order valence-corrected chi connectivity index (χ3v) is 8.14. The van der Waals surface area contributed by atoms with Crippen LogP contribution < -0.4 is 21.5 Å². The van der Waals surface area contributed by atoms with Gasteiger partial charge in [-0.15, -0.1) is 0 Å². The van der Waals surface area contributed by atoms with E-state index in [2.05, 4.69) is 25.9 Å². The minimum atomic E-state index is -1.63. The molecule has 0 spiro atoms. The van der Waals surface area contributed by atoms with E-state index in [4.69, 9.17) is 0 Å². The van der Waals surface area contributed by atoms with E-state index in [0.717, 1.165) is 17.0 Å². The number of nitrogens with one attached hydrogen (secondary N) is 4. The molecule has 15 heteroatoms. The van der Waals surface area contributed by atoms with Crippen LogP contribution in [0.2, 0.25) is 0 Å². The van der Waals surface area contributed by atoms with E-state index in [1.54, 1.807) is 13.0 Å². The van der Waals surface area contributed by atoms with Crippen molar-refractivity contribution in [1.29, 1.82) is 0 Å². The lowest BCUT2D eigenvalue weighted by Crippen LogP contribution is -2.52. The van der Waals surface area contributed by atoms with Gasteiger partial charge in [-0.2, -0.15) is 0 Å². The summed E-state index contributed by atoms with van der Waals surface area (Å²) in [7, 11) is 0. The van der Waals surface area contributed by atoms with Crippen molar-refractivity contribution in [3.63, 3.8) is 0 Å². The second-order valence-electron chi connectivity index (χ2n) is 11.7. The number of aromatic amines is 1. The highest BCUT2D eigenvalue weighted by Gasteiger charge is 2.29. The van der Waals surface area contributed by atoms with Crippen molar-refractivity contribution in [2.75, 3.05) is 5.32 Å². The summed E-state index contributed by atoms with van der Waals surface area (Å²) in [4.78, 5) is 80.9. The van der Waals surface area contributed by atoms with Crippen molar-refractivity contribution in [1.82, 2.24) is 20.6 Å². The van der Waals surface area contributed by atoms with Crippen LogP contribution in [0.1, 0.15) is 50.5 Å². The number of aryl methyl sites for hydroxylation is 1. The molecule has 0 saturated heterocycles. The number of aromatic carboxylic acids is 1. The van der Waals surface area contributed by atoms with Crippen LogP contribution in [0.4, 0.5) is 10.1 Å². The molecule has 2 amide bonds. The van der Waals surface area contributed by atoms with Crippen molar-refractivity contribution in [2.45, 2.75) is 44.8 Å². The topological polar surface area (TPSA) is 228 Å². The van der Waals surface area contributed by atoms with Crippen molar-refractivity contribution in [2.24, 2.45) is 0 Å². The highest BCUT2D eigenvalue weighted by Crippen LogP contribution is 2.24. The van der Waals surface area contributed by atoms with Crippen molar-refractivity contribution in [3.8, 4) is 0 Å². The van der Waals surface area contributed by atoms with E-state index in [-0.39, 0.29) is 23.2 Å². The van der Waals surface area contributed by atoms with Gasteiger partial charge in [0.15, 0.2) is 0 Å². The number of anilines is 1. The number of carbonyl (C=O) groups excluding carboxylic acids is 2. The van der Waals surface area contributed by atoms with Crippen LogP contribution in [-0.2, 0) is 27.3 Å². The highest BCUT2D eigenvalue weighted by atomic mass is 19.1. The number of amides is 2. The summed E-state index contributed by atoms with van der Waals surface area (Å²) in [6.45, 7) is 1.92. The monoisotopic (exact) mass is 697 g/mol. The van der Waals surface area contributed by atoms with E-state index in [1.165, 1.54) is 36.4 Å². The maximum atomic E-state index is 15.2. The average molecular weight is 698 g/mol. The molecular formula is C36H32FN5O9. The Morgan fingerprint density at radius 3 is 2.33 bits per heavy atom. The van der Waals surface area contributed by atoms with E-state index < -0.39 is 72.4 Å². The number of carboxylic acids is 3. The van der Waals surface area contributed by atoms with E-state index in [0.29, 0.717) is 27.8 Å². The molecule has 262 valence electrons. The Balaban J connectivity index is 1.28. The molecule has 5 rings (SSSR count). The highest BCUT2D eigenvalue weighted by molar-refractivity contribution is 6.06. The van der Waals surface area contributed by atoms with Crippen LogP contribution >= 0.6 is 0 Å². The molecule has 0 bridgehead atoms. The van der Waals surface area contributed by atoms with Crippen LogP contribution in [0, 0.1) is 12.7 Å². The van der Waals surface area contributed by atoms with Gasteiger partial charge in [-0.05, 0) is 71.6 Å². The Bertz CT molecular complexity index is 2250. The number of carboxylic acid groups (broad SMARTS) is 3. The van der Waals surface area contributed by atoms with Crippen LogP contribution in [-0.4, -0.2) is 67.1 Å². The molecule has 51 heavy (non-hydrogen) atoms. The third-order valence-electron chi connectivity index (χ3n) is 8.14. The molecule has 0 aliphatic carbocycles. The van der Waals surface area contributed by atoms with Gasteiger partial charge in [0.25, 0.3) is 11.5 Å². The van der Waals surface area contributed by atoms with E-state index >= 15 is 4.39 Å². The number of halogens is 1. The SMILES string of the molecule is Cc1nc2ccc3ccc(CNc4ccc(C(=O)N[C@@H](CCC(=O)O)C(=O)N[C@@H](Cc5ccccc5C(=O)O)C(=O)O)c(F)c4)cc3c2c(=O)[nH]1. The lowest BCUT2D eigenvalue weighted by Gasteiger charge is -2.22. The molecule has 1 heterocycles. The summed E-state index contributed by atoms with van der Waals surface area (Å²) in [5.74, 6) is -6.68. The predicted molar refractivity (Wildman–Crippen MR) is 183 cm³/mol. The zero-order valence-corrected chi connectivity index (χ0v) is 27.0. The van der Waals surface area contributed by atoms with Gasteiger partial charge in [0.2, 0.25) is 5.91 Å². The molecule has 7 N–H and O–H groups in total. The Kier molecular flexibility index (Phi) is 10.7. The van der Waals surface area contributed by atoms with E-state index in [1.807, 2.05) is 24.3 Å². The Morgan fingerprint density at radius 1 is 0.882 bits per heavy atom. The molecule has 0 radical (unpaired) electrons. The van der Waals surface area contributed by atoms with Gasteiger partial charge in [0, 0.05) is 25.1 Å². The molecular weight excluding hydrogens is 665 g/mol. The molecule has 0 unspecified atom stereocenters. The number of nitrogens with zero attached hydrogens (tertiary/aromatic N) is 1. The number of rotatable bonds is 14. The van der Waals surface area contributed by atoms with Crippen molar-refractivity contribution >= 4 is 57.1 Å². The zero-order valence-electron chi connectivity index (χ0n) is 27.0. The largest absolute Gasteiger partial charge is 0.481 e. The number of carbonyl (C=O) groups is 5. The molecule has 5 aromatic rings.